The summed E-state index contributed by atoms with van der Waals surface area (Å²) in [7, 11) is -6.61. The number of carboxylic acids is 1. The minimum absolute atomic E-state index is 0.0471. The first-order valence-corrected chi connectivity index (χ1v) is 16.4. The lowest BCUT2D eigenvalue weighted by Crippen LogP contribution is -2.60. The number of carbonyl (C=O) groups is 5. The highest BCUT2D eigenvalue weighted by molar-refractivity contribution is 7.60. The van der Waals surface area contributed by atoms with E-state index in [1.165, 1.54) is 12.1 Å². The van der Waals surface area contributed by atoms with Gasteiger partial charge >= 0.3 is 38.5 Å². The predicted octanol–water partition coefficient (Wildman–Crippen LogP) is 0.153. The van der Waals surface area contributed by atoms with Crippen LogP contribution in [-0.4, -0.2) is 95.8 Å². The highest BCUT2D eigenvalue weighted by Gasteiger charge is 2.42. The smallest absolute Gasteiger partial charge is 0.534 e. The van der Waals surface area contributed by atoms with Gasteiger partial charge in [0.15, 0.2) is 11.5 Å². The lowest BCUT2D eigenvalue weighted by atomic mass is 9.72. The van der Waals surface area contributed by atoms with Crippen LogP contribution in [0.1, 0.15) is 33.1 Å². The molecule has 0 unspecified atom stereocenters. The average molecular weight is 735 g/mol. The van der Waals surface area contributed by atoms with Crippen molar-refractivity contribution in [2.75, 3.05) is 13.1 Å². The Labute approximate surface area is 286 Å². The molecule has 5 rings (SSSR count). The highest BCUT2D eigenvalue weighted by Crippen LogP contribution is 2.37. The van der Waals surface area contributed by atoms with E-state index < -0.39 is 90.4 Å². The Morgan fingerprint density at radius 2 is 1.72 bits per heavy atom. The van der Waals surface area contributed by atoms with Crippen molar-refractivity contribution in [2.24, 2.45) is 0 Å². The van der Waals surface area contributed by atoms with Crippen LogP contribution in [0.25, 0.3) is 0 Å². The number of rotatable bonds is 8. The molecule has 8 N–H and O–H groups in total. The van der Waals surface area contributed by atoms with Gasteiger partial charge in [-0.1, -0.05) is 35.9 Å². The molecule has 50 heavy (non-hydrogen) atoms. The Balaban J connectivity index is 1.36. The van der Waals surface area contributed by atoms with E-state index >= 15 is 0 Å². The van der Waals surface area contributed by atoms with Gasteiger partial charge in [-0.3, -0.25) is 23.8 Å². The molecule has 2 aliphatic rings. The van der Waals surface area contributed by atoms with Gasteiger partial charge < -0.3 is 50.3 Å². The van der Waals surface area contributed by atoms with Gasteiger partial charge in [-0.2, -0.15) is 0 Å². The third-order valence-corrected chi connectivity index (χ3v) is 9.33. The van der Waals surface area contributed by atoms with Crippen molar-refractivity contribution < 1.29 is 67.7 Å². The second-order valence-electron chi connectivity index (χ2n) is 11.2. The molecule has 0 saturated carbocycles. The van der Waals surface area contributed by atoms with E-state index in [9.17, 15) is 63.1 Å². The van der Waals surface area contributed by atoms with E-state index in [1.807, 2.05) is 0 Å². The van der Waals surface area contributed by atoms with Crippen LogP contribution in [0.3, 0.4) is 0 Å². The number of nitrogens with one attached hydrogen (secondary N) is 2. The number of hydrogen-bond donors (Lipinski definition) is 8. The van der Waals surface area contributed by atoms with Crippen LogP contribution >= 0.6 is 19.2 Å². The first-order chi connectivity index (χ1) is 23.5. The SMILES string of the molecule is O=C(O)c1c(F)ccc2c1OB(O)[C@@H](NC(=O)[C@H](NC(=O)N1CCN(Cc3ccc(O)c(O)c3Cl)C(=O)C1=O)c1ccc(P(=O)(O)O)cc1)C2. The number of phenols is 2. The molecule has 2 heterocycles. The van der Waals surface area contributed by atoms with Gasteiger partial charge in [0, 0.05) is 19.6 Å². The fourth-order valence-electron chi connectivity index (χ4n) is 5.33. The van der Waals surface area contributed by atoms with Crippen LogP contribution in [0.15, 0.2) is 48.5 Å². The monoisotopic (exact) mass is 734 g/mol. The molecule has 0 radical (unpaired) electrons. The van der Waals surface area contributed by atoms with E-state index in [-0.39, 0.29) is 47.8 Å². The summed E-state index contributed by atoms with van der Waals surface area (Å²) >= 11 is 6.04. The number of carboxylic acid groups (broad SMARTS) is 1. The molecular weight excluding hydrogens is 709 g/mol. The molecule has 1 fully saturated rings. The number of benzene rings is 3. The number of fused-ring (bicyclic) bond motifs is 1. The number of piperazine rings is 1. The average Bonchev–Trinajstić information content (AvgIpc) is 3.05. The number of nitrogens with zero attached hydrogens (tertiary/aromatic N) is 2. The Morgan fingerprint density at radius 3 is 2.36 bits per heavy atom. The molecule has 0 spiro atoms. The van der Waals surface area contributed by atoms with Crippen molar-refractivity contribution in [3.05, 3.63) is 81.6 Å². The molecule has 5 amide bonds. The first-order valence-electron chi connectivity index (χ1n) is 14.4. The fraction of sp³-hybridized carbons (Fsp3) is 0.207. The van der Waals surface area contributed by atoms with Crippen LogP contribution < -0.4 is 20.6 Å². The van der Waals surface area contributed by atoms with Crippen LogP contribution in [0.4, 0.5) is 9.18 Å². The number of carbonyl (C=O) groups excluding carboxylic acids is 4. The van der Waals surface area contributed by atoms with E-state index in [0.29, 0.717) is 4.90 Å². The van der Waals surface area contributed by atoms with Crippen molar-refractivity contribution in [1.29, 1.82) is 0 Å². The minimum Gasteiger partial charge on any atom is -0.534 e. The van der Waals surface area contributed by atoms with Gasteiger partial charge in [0.05, 0.1) is 16.3 Å². The van der Waals surface area contributed by atoms with Crippen LogP contribution in [0, 0.1) is 5.82 Å². The molecule has 17 nitrogen and oxygen atoms in total. The largest absolute Gasteiger partial charge is 0.547 e. The number of amides is 5. The quantitative estimate of drug-likeness (QED) is 0.0664. The van der Waals surface area contributed by atoms with Gasteiger partial charge in [0.2, 0.25) is 5.91 Å². The molecule has 2 atom stereocenters. The lowest BCUT2D eigenvalue weighted by Gasteiger charge is -2.34. The zero-order valence-corrected chi connectivity index (χ0v) is 27.0. The summed E-state index contributed by atoms with van der Waals surface area (Å²) < 4.78 is 31.1. The van der Waals surface area contributed by atoms with Gasteiger partial charge in [0.1, 0.15) is 23.2 Å². The number of urea groups is 1. The van der Waals surface area contributed by atoms with Crippen LogP contribution in [0.2, 0.25) is 5.02 Å². The number of halogens is 2. The van der Waals surface area contributed by atoms with Crippen molar-refractivity contribution in [3.8, 4) is 17.2 Å². The summed E-state index contributed by atoms with van der Waals surface area (Å²) in [5.74, 6) is -9.10. The van der Waals surface area contributed by atoms with E-state index in [4.69, 9.17) is 16.3 Å². The summed E-state index contributed by atoms with van der Waals surface area (Å²) in [6, 6.07) is 5.84. The molecule has 3 aromatic carbocycles. The van der Waals surface area contributed by atoms with Crippen LogP contribution in [0.5, 0.6) is 17.2 Å². The highest BCUT2D eigenvalue weighted by atomic mass is 35.5. The fourth-order valence-corrected chi connectivity index (χ4v) is 6.09. The topological polar surface area (TPSA) is 264 Å². The third-order valence-electron chi connectivity index (χ3n) is 7.94. The Bertz CT molecular complexity index is 1960. The zero-order chi connectivity index (χ0) is 36.7. The second-order valence-corrected chi connectivity index (χ2v) is 13.1. The van der Waals surface area contributed by atoms with E-state index in [1.54, 1.807) is 0 Å². The number of phenolic OH excluding ortho intramolecular Hbond substituents is 2. The zero-order valence-electron chi connectivity index (χ0n) is 25.3. The molecule has 262 valence electrons. The molecule has 0 aromatic heterocycles. The molecule has 1 saturated heterocycles. The van der Waals surface area contributed by atoms with Crippen molar-refractivity contribution in [2.45, 2.75) is 24.9 Å². The normalized spacial score (nSPS) is 16.7. The maximum Gasteiger partial charge on any atom is 0.547 e. The lowest BCUT2D eigenvalue weighted by molar-refractivity contribution is -0.154. The summed E-state index contributed by atoms with van der Waals surface area (Å²) in [5.41, 5.74) is -0.562. The van der Waals surface area contributed by atoms with Gasteiger partial charge in [-0.25, -0.2) is 14.0 Å². The number of aromatic hydroxyl groups is 2. The van der Waals surface area contributed by atoms with Gasteiger partial charge in [-0.05, 0) is 47.4 Å². The predicted molar refractivity (Wildman–Crippen MR) is 169 cm³/mol. The molecule has 0 bridgehead atoms. The van der Waals surface area contributed by atoms with Crippen LogP contribution in [-0.2, 0) is 31.9 Å². The number of aromatic carboxylic acids is 1. The summed E-state index contributed by atoms with van der Waals surface area (Å²) in [6.07, 6.45) is -0.252. The standard InChI is InChI=1S/C29H26BClFN4O13P/c31-21-15(4-8-18(37)23(21)38)12-35-9-10-36(27(41)26(35)40)29(44)34-22(13-1-5-16(6-2-13)50(46,47)48)25(39)33-19-11-14-3-7-17(32)20(28(42)43)24(14)49-30(19)45/h1-8,19,22,37-38,45H,9-12H2,(H,33,39)(H,34,44)(H,42,43)(H2,46,47,48)/t19-,22+/m0/s1. The van der Waals surface area contributed by atoms with Gasteiger partial charge in [-0.15, -0.1) is 0 Å². The number of imide groups is 1. The second kappa shape index (κ2) is 14.0. The maximum absolute atomic E-state index is 14.2. The first kappa shape index (κ1) is 36.1. The Kier molecular flexibility index (Phi) is 10.1. The minimum atomic E-state index is -4.71. The number of hydrogen-bond acceptors (Lipinski definition) is 10. The van der Waals surface area contributed by atoms with E-state index in [2.05, 4.69) is 10.6 Å². The molecule has 3 aromatic rings. The maximum atomic E-state index is 14.2. The molecule has 21 heteroatoms. The summed E-state index contributed by atoms with van der Waals surface area (Å²) in [6.45, 7) is -0.828. The molecule has 2 aliphatic heterocycles. The Morgan fingerprint density at radius 1 is 1.04 bits per heavy atom. The van der Waals surface area contributed by atoms with Gasteiger partial charge in [0.25, 0.3) is 0 Å². The van der Waals surface area contributed by atoms with E-state index in [0.717, 1.165) is 41.3 Å². The summed E-state index contributed by atoms with van der Waals surface area (Å²) in [5, 5.41) is 43.6. The van der Waals surface area contributed by atoms with Crippen molar-refractivity contribution in [3.63, 3.8) is 0 Å². The van der Waals surface area contributed by atoms with Crippen molar-refractivity contribution in [1.82, 2.24) is 20.4 Å². The summed E-state index contributed by atoms with van der Waals surface area (Å²) in [4.78, 5) is 85.2. The molecular formula is C29H26BClFN4O13P. The van der Waals surface area contributed by atoms with Crippen molar-refractivity contribution >= 4 is 61.3 Å². The molecule has 0 aliphatic carbocycles. The third kappa shape index (κ3) is 7.22. The Hall–Kier alpha value is -5.20.